The standard InChI is InChI=1S/C26H35N3O5/c1-31-22-9-8-20(16-25(22)34-4)28-27-19-6-5-7-21(15-19)29-11-10-17-12-23(32-2)24(33-3)13-18(17)14-26(29)30/h8-9,12-13,16,19,21,27-28H,5-7,10-11,14-15H2,1-4H3. The van der Waals surface area contributed by atoms with Crippen LogP contribution in [0.1, 0.15) is 36.8 Å². The smallest absolute Gasteiger partial charge is 0.227 e. The highest BCUT2D eigenvalue weighted by Gasteiger charge is 2.32. The van der Waals surface area contributed by atoms with Crippen LogP contribution in [0.5, 0.6) is 23.0 Å². The maximum absolute atomic E-state index is 13.2. The van der Waals surface area contributed by atoms with Gasteiger partial charge in [0.05, 0.1) is 40.5 Å². The van der Waals surface area contributed by atoms with E-state index in [1.54, 1.807) is 28.4 Å². The summed E-state index contributed by atoms with van der Waals surface area (Å²) in [5, 5.41) is 0. The third-order valence-corrected chi connectivity index (χ3v) is 6.88. The number of carbonyl (C=O) groups is 1. The van der Waals surface area contributed by atoms with Crippen LogP contribution in [-0.2, 0) is 17.6 Å². The zero-order valence-electron chi connectivity index (χ0n) is 20.5. The number of hydrazine groups is 1. The van der Waals surface area contributed by atoms with Gasteiger partial charge in [0.1, 0.15) is 0 Å². The lowest BCUT2D eigenvalue weighted by atomic mass is 9.90. The van der Waals surface area contributed by atoms with Gasteiger partial charge in [-0.15, -0.1) is 0 Å². The zero-order valence-corrected chi connectivity index (χ0v) is 20.5. The van der Waals surface area contributed by atoms with E-state index in [-0.39, 0.29) is 18.0 Å². The number of benzene rings is 2. The molecule has 184 valence electrons. The van der Waals surface area contributed by atoms with Crippen molar-refractivity contribution in [2.24, 2.45) is 0 Å². The summed E-state index contributed by atoms with van der Waals surface area (Å²) in [6.07, 6.45) is 5.30. The monoisotopic (exact) mass is 469 g/mol. The van der Waals surface area contributed by atoms with Crippen LogP contribution in [0.2, 0.25) is 0 Å². The van der Waals surface area contributed by atoms with Gasteiger partial charge in [0.25, 0.3) is 0 Å². The van der Waals surface area contributed by atoms with E-state index in [1.807, 2.05) is 30.3 Å². The van der Waals surface area contributed by atoms with Gasteiger partial charge in [0.15, 0.2) is 23.0 Å². The van der Waals surface area contributed by atoms with Crippen molar-refractivity contribution < 1.29 is 23.7 Å². The van der Waals surface area contributed by atoms with Crippen LogP contribution in [-0.4, -0.2) is 57.9 Å². The van der Waals surface area contributed by atoms with E-state index in [2.05, 4.69) is 15.8 Å². The summed E-state index contributed by atoms with van der Waals surface area (Å²) >= 11 is 0. The van der Waals surface area contributed by atoms with E-state index in [9.17, 15) is 4.79 Å². The molecule has 2 aromatic carbocycles. The molecule has 1 aliphatic heterocycles. The molecule has 2 atom stereocenters. The number of fused-ring (bicyclic) bond motifs is 1. The van der Waals surface area contributed by atoms with Gasteiger partial charge in [-0.05, 0) is 67.5 Å². The van der Waals surface area contributed by atoms with Crippen LogP contribution >= 0.6 is 0 Å². The first-order chi connectivity index (χ1) is 16.6. The molecular formula is C26H35N3O5. The molecular weight excluding hydrogens is 434 g/mol. The van der Waals surface area contributed by atoms with E-state index in [4.69, 9.17) is 18.9 Å². The minimum atomic E-state index is 0.185. The highest BCUT2D eigenvalue weighted by atomic mass is 16.5. The van der Waals surface area contributed by atoms with Crippen molar-refractivity contribution in [2.75, 3.05) is 40.4 Å². The summed E-state index contributed by atoms with van der Waals surface area (Å²) < 4.78 is 21.6. The molecule has 2 aliphatic rings. The van der Waals surface area contributed by atoms with E-state index < -0.39 is 0 Å². The zero-order chi connectivity index (χ0) is 24.1. The first kappa shape index (κ1) is 24.0. The lowest BCUT2D eigenvalue weighted by Crippen LogP contribution is -2.48. The number of nitrogens with zero attached hydrogens (tertiary/aromatic N) is 1. The second-order valence-electron chi connectivity index (χ2n) is 8.85. The quantitative estimate of drug-likeness (QED) is 0.572. The molecule has 34 heavy (non-hydrogen) atoms. The molecule has 0 saturated heterocycles. The molecule has 4 rings (SSSR count). The van der Waals surface area contributed by atoms with E-state index in [1.165, 1.54) is 0 Å². The summed E-state index contributed by atoms with van der Waals surface area (Å²) in [6.45, 7) is 0.724. The van der Waals surface area contributed by atoms with Crippen molar-refractivity contribution in [3.8, 4) is 23.0 Å². The molecule has 0 radical (unpaired) electrons. The van der Waals surface area contributed by atoms with E-state index >= 15 is 0 Å². The normalized spacial score (nSPS) is 20.2. The molecule has 1 amide bonds. The molecule has 0 aromatic heterocycles. The van der Waals surface area contributed by atoms with Crippen molar-refractivity contribution >= 4 is 11.6 Å². The Morgan fingerprint density at radius 3 is 2.24 bits per heavy atom. The summed E-state index contributed by atoms with van der Waals surface area (Å²) in [6, 6.07) is 10.2. The van der Waals surface area contributed by atoms with Crippen molar-refractivity contribution in [3.63, 3.8) is 0 Å². The predicted octanol–water partition coefficient (Wildman–Crippen LogP) is 3.58. The molecule has 8 heteroatoms. The summed E-state index contributed by atoms with van der Waals surface area (Å²) in [5.74, 6) is 2.95. The number of rotatable bonds is 8. The van der Waals surface area contributed by atoms with Crippen molar-refractivity contribution in [1.29, 1.82) is 0 Å². The lowest BCUT2D eigenvalue weighted by Gasteiger charge is -2.37. The second kappa shape index (κ2) is 10.9. The van der Waals surface area contributed by atoms with Gasteiger partial charge in [-0.1, -0.05) is 0 Å². The SMILES string of the molecule is COc1ccc(NNC2CCCC(N3CCc4cc(OC)c(OC)cc4CC3=O)C2)cc1OC. The predicted molar refractivity (Wildman–Crippen MR) is 131 cm³/mol. The number of carbonyl (C=O) groups excluding carboxylic acids is 1. The largest absolute Gasteiger partial charge is 0.493 e. The van der Waals surface area contributed by atoms with Crippen molar-refractivity contribution in [3.05, 3.63) is 41.5 Å². The van der Waals surface area contributed by atoms with Crippen LogP contribution in [0, 0.1) is 0 Å². The Morgan fingerprint density at radius 1 is 0.853 bits per heavy atom. The van der Waals surface area contributed by atoms with Crippen LogP contribution in [0.15, 0.2) is 30.3 Å². The number of amides is 1. The summed E-state index contributed by atoms with van der Waals surface area (Å²) in [5.41, 5.74) is 9.87. The molecule has 1 heterocycles. The minimum Gasteiger partial charge on any atom is -0.493 e. The van der Waals surface area contributed by atoms with Crippen LogP contribution in [0.4, 0.5) is 5.69 Å². The van der Waals surface area contributed by atoms with Crippen LogP contribution < -0.4 is 29.8 Å². The Balaban J connectivity index is 1.39. The van der Waals surface area contributed by atoms with Gasteiger partial charge in [-0.3, -0.25) is 4.79 Å². The number of anilines is 1. The fraction of sp³-hybridized carbons (Fsp3) is 0.500. The Labute approximate surface area is 201 Å². The molecule has 1 aliphatic carbocycles. The van der Waals surface area contributed by atoms with Gasteiger partial charge in [0.2, 0.25) is 5.91 Å². The van der Waals surface area contributed by atoms with Crippen LogP contribution in [0.25, 0.3) is 0 Å². The third-order valence-electron chi connectivity index (χ3n) is 6.88. The Hall–Kier alpha value is -3.13. The Kier molecular flexibility index (Phi) is 7.67. The number of ether oxygens (including phenoxy) is 4. The van der Waals surface area contributed by atoms with Crippen molar-refractivity contribution in [2.45, 2.75) is 50.6 Å². The maximum atomic E-state index is 13.2. The molecule has 8 nitrogen and oxygen atoms in total. The van der Waals surface area contributed by atoms with E-state index in [0.29, 0.717) is 29.4 Å². The van der Waals surface area contributed by atoms with Crippen molar-refractivity contribution in [1.82, 2.24) is 10.3 Å². The average molecular weight is 470 g/mol. The molecule has 2 unspecified atom stereocenters. The second-order valence-corrected chi connectivity index (χ2v) is 8.85. The molecule has 1 fully saturated rings. The third kappa shape index (κ3) is 5.17. The topological polar surface area (TPSA) is 81.3 Å². The highest BCUT2D eigenvalue weighted by Crippen LogP contribution is 2.34. The summed E-state index contributed by atoms with van der Waals surface area (Å²) in [7, 11) is 6.52. The summed E-state index contributed by atoms with van der Waals surface area (Å²) in [4.78, 5) is 15.3. The molecule has 1 saturated carbocycles. The van der Waals surface area contributed by atoms with Gasteiger partial charge >= 0.3 is 0 Å². The first-order valence-electron chi connectivity index (χ1n) is 11.8. The minimum absolute atomic E-state index is 0.185. The number of methoxy groups -OCH3 is 4. The van der Waals surface area contributed by atoms with Gasteiger partial charge in [-0.25, -0.2) is 5.43 Å². The number of hydrogen-bond donors (Lipinski definition) is 2. The van der Waals surface area contributed by atoms with E-state index in [0.717, 1.165) is 55.5 Å². The average Bonchev–Trinajstić information content (AvgIpc) is 3.03. The first-order valence-corrected chi connectivity index (χ1v) is 11.8. The molecule has 0 spiro atoms. The Bertz CT molecular complexity index is 1010. The molecule has 2 aromatic rings. The van der Waals surface area contributed by atoms with Gasteiger partial charge in [-0.2, -0.15) is 0 Å². The lowest BCUT2D eigenvalue weighted by molar-refractivity contribution is -0.133. The van der Waals surface area contributed by atoms with Gasteiger partial charge < -0.3 is 29.3 Å². The maximum Gasteiger partial charge on any atom is 0.227 e. The fourth-order valence-corrected chi connectivity index (χ4v) is 5.05. The molecule has 0 bridgehead atoms. The fourth-order valence-electron chi connectivity index (χ4n) is 5.05. The molecule has 2 N–H and O–H groups in total. The van der Waals surface area contributed by atoms with Crippen LogP contribution in [0.3, 0.4) is 0 Å². The number of nitrogens with one attached hydrogen (secondary N) is 2. The number of hydrogen-bond acceptors (Lipinski definition) is 7. The van der Waals surface area contributed by atoms with Gasteiger partial charge in [0, 0.05) is 24.7 Å². The highest BCUT2D eigenvalue weighted by molar-refractivity contribution is 5.80. The Morgan fingerprint density at radius 2 is 1.53 bits per heavy atom.